The van der Waals surface area contributed by atoms with Gasteiger partial charge in [-0.3, -0.25) is 4.79 Å². The van der Waals surface area contributed by atoms with Gasteiger partial charge < -0.3 is 10.2 Å². The molecule has 11 heavy (non-hydrogen) atoms. The topological polar surface area (TPSA) is 57.5 Å². The van der Waals surface area contributed by atoms with Crippen LogP contribution in [0.2, 0.25) is 0 Å². The monoisotopic (exact) mass is 158 g/mol. The number of carboxylic acid groups (broad SMARTS) is 1. The summed E-state index contributed by atoms with van der Waals surface area (Å²) in [7, 11) is 0. The first kappa shape index (κ1) is 8.53. The Kier molecular flexibility index (Phi) is 2.18. The van der Waals surface area contributed by atoms with Crippen molar-refractivity contribution >= 4 is 5.97 Å². The van der Waals surface area contributed by atoms with Crippen LogP contribution in [0, 0.1) is 17.8 Å². The summed E-state index contributed by atoms with van der Waals surface area (Å²) >= 11 is 0. The van der Waals surface area contributed by atoms with Crippen LogP contribution in [0.1, 0.15) is 20.3 Å². The van der Waals surface area contributed by atoms with Crippen LogP contribution in [-0.4, -0.2) is 22.3 Å². The number of aliphatic hydroxyl groups is 1. The molecule has 1 fully saturated rings. The first-order valence-electron chi connectivity index (χ1n) is 3.95. The molecule has 3 heteroatoms. The van der Waals surface area contributed by atoms with E-state index in [4.69, 9.17) is 5.11 Å². The van der Waals surface area contributed by atoms with Gasteiger partial charge in [0.1, 0.15) is 0 Å². The van der Waals surface area contributed by atoms with Gasteiger partial charge in [-0.05, 0) is 25.2 Å². The van der Waals surface area contributed by atoms with Gasteiger partial charge in [-0.1, -0.05) is 6.92 Å². The molecule has 0 saturated heterocycles. The third kappa shape index (κ3) is 1.71. The zero-order chi connectivity index (χ0) is 8.59. The molecule has 0 spiro atoms. The quantitative estimate of drug-likeness (QED) is 0.636. The van der Waals surface area contributed by atoms with Gasteiger partial charge in [-0.15, -0.1) is 0 Å². The molecule has 0 aromatic carbocycles. The Labute approximate surface area is 66.0 Å². The Balaban J connectivity index is 2.41. The second-order valence-electron chi connectivity index (χ2n) is 3.49. The molecule has 1 rings (SSSR count). The molecule has 1 aliphatic carbocycles. The van der Waals surface area contributed by atoms with Gasteiger partial charge in [0.15, 0.2) is 0 Å². The molecule has 0 aromatic heterocycles. The number of carbonyl (C=O) groups is 1. The van der Waals surface area contributed by atoms with Crippen LogP contribution in [0.15, 0.2) is 0 Å². The zero-order valence-corrected chi connectivity index (χ0v) is 6.82. The highest BCUT2D eigenvalue weighted by molar-refractivity contribution is 5.70. The molecule has 4 unspecified atom stereocenters. The predicted octanol–water partition coefficient (Wildman–Crippen LogP) is 0.724. The highest BCUT2D eigenvalue weighted by Crippen LogP contribution is 2.42. The number of hydrogen-bond donors (Lipinski definition) is 2. The first-order valence-corrected chi connectivity index (χ1v) is 3.95. The van der Waals surface area contributed by atoms with E-state index in [0.717, 1.165) is 6.42 Å². The van der Waals surface area contributed by atoms with Crippen LogP contribution in [-0.2, 0) is 4.79 Å². The normalized spacial score (nSPS) is 34.5. The minimum absolute atomic E-state index is 0.223. The number of rotatable bonds is 3. The first-order chi connectivity index (χ1) is 5.04. The second-order valence-corrected chi connectivity index (χ2v) is 3.49. The van der Waals surface area contributed by atoms with Gasteiger partial charge in [-0.2, -0.15) is 0 Å². The van der Waals surface area contributed by atoms with E-state index in [1.807, 2.05) is 6.92 Å². The third-order valence-corrected chi connectivity index (χ3v) is 2.51. The van der Waals surface area contributed by atoms with E-state index >= 15 is 0 Å². The Bertz CT molecular complexity index is 167. The van der Waals surface area contributed by atoms with E-state index in [1.165, 1.54) is 0 Å². The lowest BCUT2D eigenvalue weighted by Gasteiger charge is -2.13. The molecule has 4 atom stereocenters. The molecule has 2 N–H and O–H groups in total. The van der Waals surface area contributed by atoms with Crippen molar-refractivity contribution in [3.8, 4) is 0 Å². The van der Waals surface area contributed by atoms with Gasteiger partial charge >= 0.3 is 5.97 Å². The molecule has 1 saturated carbocycles. The minimum atomic E-state index is -0.906. The maximum Gasteiger partial charge on any atom is 0.308 e. The van der Waals surface area contributed by atoms with Crippen molar-refractivity contribution in [1.29, 1.82) is 0 Å². The minimum Gasteiger partial charge on any atom is -0.481 e. The van der Waals surface area contributed by atoms with Crippen LogP contribution in [0.4, 0.5) is 0 Å². The Morgan fingerprint density at radius 1 is 1.64 bits per heavy atom. The molecule has 3 nitrogen and oxygen atoms in total. The summed E-state index contributed by atoms with van der Waals surface area (Å²) in [5.41, 5.74) is 0. The zero-order valence-electron chi connectivity index (χ0n) is 6.82. The largest absolute Gasteiger partial charge is 0.481 e. The lowest BCUT2D eigenvalue weighted by atomic mass is 10.0. The van der Waals surface area contributed by atoms with Crippen LogP contribution < -0.4 is 0 Å². The van der Waals surface area contributed by atoms with E-state index in [2.05, 4.69) is 0 Å². The van der Waals surface area contributed by atoms with E-state index in [1.54, 1.807) is 6.92 Å². The van der Waals surface area contributed by atoms with Crippen molar-refractivity contribution in [3.63, 3.8) is 0 Å². The summed E-state index contributed by atoms with van der Waals surface area (Å²) in [6.07, 6.45) is 0.321. The maximum absolute atomic E-state index is 10.4. The molecule has 0 heterocycles. The van der Waals surface area contributed by atoms with E-state index in [-0.39, 0.29) is 5.92 Å². The highest BCUT2D eigenvalue weighted by Gasteiger charge is 2.42. The predicted molar refractivity (Wildman–Crippen MR) is 40.1 cm³/mol. The molecular formula is C8H14O3. The van der Waals surface area contributed by atoms with Crippen molar-refractivity contribution in [2.45, 2.75) is 26.4 Å². The Morgan fingerprint density at radius 3 is 2.36 bits per heavy atom. The Hall–Kier alpha value is -0.570. The summed E-state index contributed by atoms with van der Waals surface area (Å²) in [5.74, 6) is -0.797. The fraction of sp³-hybridized carbons (Fsp3) is 0.875. The van der Waals surface area contributed by atoms with Gasteiger partial charge in [0, 0.05) is 0 Å². The van der Waals surface area contributed by atoms with E-state index in [9.17, 15) is 9.90 Å². The molecular weight excluding hydrogens is 144 g/mol. The molecule has 0 amide bonds. The van der Waals surface area contributed by atoms with Gasteiger partial charge in [0.2, 0.25) is 0 Å². The van der Waals surface area contributed by atoms with Gasteiger partial charge in [0.05, 0.1) is 12.0 Å². The number of aliphatic carboxylic acids is 1. The van der Waals surface area contributed by atoms with Crippen LogP contribution >= 0.6 is 0 Å². The molecule has 0 aliphatic heterocycles. The smallest absolute Gasteiger partial charge is 0.308 e. The number of carboxylic acids is 1. The molecule has 0 radical (unpaired) electrons. The van der Waals surface area contributed by atoms with Crippen molar-refractivity contribution < 1.29 is 15.0 Å². The van der Waals surface area contributed by atoms with Crippen LogP contribution in [0.5, 0.6) is 0 Å². The van der Waals surface area contributed by atoms with Gasteiger partial charge in [0.25, 0.3) is 0 Å². The number of hydrogen-bond acceptors (Lipinski definition) is 2. The summed E-state index contributed by atoms with van der Waals surface area (Å²) in [6, 6.07) is 0. The molecule has 1 aliphatic rings. The van der Waals surface area contributed by atoms with Gasteiger partial charge in [-0.25, -0.2) is 0 Å². The molecule has 0 bridgehead atoms. The van der Waals surface area contributed by atoms with Crippen molar-refractivity contribution in [3.05, 3.63) is 0 Å². The third-order valence-electron chi connectivity index (χ3n) is 2.51. The van der Waals surface area contributed by atoms with Crippen LogP contribution in [0.25, 0.3) is 0 Å². The lowest BCUT2D eigenvalue weighted by molar-refractivity contribution is -0.145. The van der Waals surface area contributed by atoms with E-state index < -0.39 is 18.0 Å². The number of aliphatic hydroxyl groups excluding tert-OH is 1. The Morgan fingerprint density at radius 2 is 2.09 bits per heavy atom. The SMILES string of the molecule is CC1CC1C(O)C(C)C(=O)O. The van der Waals surface area contributed by atoms with Crippen molar-refractivity contribution in [1.82, 2.24) is 0 Å². The fourth-order valence-electron chi connectivity index (χ4n) is 1.34. The summed E-state index contributed by atoms with van der Waals surface area (Å²) in [4.78, 5) is 10.4. The second kappa shape index (κ2) is 2.81. The average molecular weight is 158 g/mol. The molecule has 64 valence electrons. The maximum atomic E-state index is 10.4. The highest BCUT2D eigenvalue weighted by atomic mass is 16.4. The summed E-state index contributed by atoms with van der Waals surface area (Å²) < 4.78 is 0. The summed E-state index contributed by atoms with van der Waals surface area (Å²) in [6.45, 7) is 3.58. The standard InChI is InChI=1S/C8H14O3/c1-4-3-6(4)7(9)5(2)8(10)11/h4-7,9H,3H2,1-2H3,(H,10,11). The lowest BCUT2D eigenvalue weighted by Crippen LogP contribution is -2.27. The van der Waals surface area contributed by atoms with Crippen molar-refractivity contribution in [2.24, 2.45) is 17.8 Å². The van der Waals surface area contributed by atoms with Crippen molar-refractivity contribution in [2.75, 3.05) is 0 Å². The summed E-state index contributed by atoms with van der Waals surface area (Å²) in [5, 5.41) is 18.0. The average Bonchev–Trinajstić information content (AvgIpc) is 2.63. The fourth-order valence-corrected chi connectivity index (χ4v) is 1.34. The van der Waals surface area contributed by atoms with E-state index in [0.29, 0.717) is 5.92 Å². The van der Waals surface area contributed by atoms with Crippen LogP contribution in [0.3, 0.4) is 0 Å². The molecule has 0 aromatic rings.